The molecule has 0 saturated carbocycles. The number of rotatable bonds is 7. The van der Waals surface area contributed by atoms with Crippen LogP contribution in [-0.4, -0.2) is 50.0 Å². The molecule has 0 radical (unpaired) electrons. The quantitative estimate of drug-likeness (QED) is 0.707. The number of ether oxygens (including phenoxy) is 2. The summed E-state index contributed by atoms with van der Waals surface area (Å²) < 4.78 is 36.9. The van der Waals surface area contributed by atoms with Gasteiger partial charge >= 0.3 is 0 Å². The lowest BCUT2D eigenvalue weighted by molar-refractivity contribution is -0.158. The summed E-state index contributed by atoms with van der Waals surface area (Å²) in [7, 11) is -0.828. The molecule has 2 aromatic rings. The predicted molar refractivity (Wildman–Crippen MR) is 103 cm³/mol. The van der Waals surface area contributed by atoms with Gasteiger partial charge in [0.2, 0.25) is 5.91 Å². The zero-order chi connectivity index (χ0) is 20.5. The molecule has 8 heteroatoms. The van der Waals surface area contributed by atoms with Crippen molar-refractivity contribution >= 4 is 15.7 Å². The fourth-order valence-corrected chi connectivity index (χ4v) is 5.50. The van der Waals surface area contributed by atoms with E-state index in [-0.39, 0.29) is 11.4 Å². The monoisotopic (exact) mass is 405 g/mol. The SMILES string of the molecule is COc1ccc(CN2C(=O)[C@H]([C@@H](C)O)[C@H]2S(=O)(=O)c2ccccc2)c(OC)c1. The number of β-lactam (4-membered cyclic amide) rings is 1. The van der Waals surface area contributed by atoms with E-state index in [0.29, 0.717) is 17.1 Å². The van der Waals surface area contributed by atoms with Gasteiger partial charge in [-0.1, -0.05) is 18.2 Å². The van der Waals surface area contributed by atoms with E-state index in [9.17, 15) is 18.3 Å². The smallest absolute Gasteiger partial charge is 0.232 e. The predicted octanol–water partition coefficient (Wildman–Crippen LogP) is 1.84. The largest absolute Gasteiger partial charge is 0.497 e. The van der Waals surface area contributed by atoms with Gasteiger partial charge in [-0.3, -0.25) is 4.79 Å². The van der Waals surface area contributed by atoms with Gasteiger partial charge < -0.3 is 19.5 Å². The van der Waals surface area contributed by atoms with Gasteiger partial charge in [0.15, 0.2) is 15.2 Å². The molecule has 1 saturated heterocycles. The van der Waals surface area contributed by atoms with E-state index in [2.05, 4.69) is 0 Å². The van der Waals surface area contributed by atoms with Gasteiger partial charge in [0.1, 0.15) is 11.5 Å². The third-order valence-electron chi connectivity index (χ3n) is 4.93. The second kappa shape index (κ2) is 7.81. The fraction of sp³-hybridized carbons (Fsp3) is 0.350. The van der Waals surface area contributed by atoms with Gasteiger partial charge in [-0.15, -0.1) is 0 Å². The van der Waals surface area contributed by atoms with Crippen LogP contribution in [0.1, 0.15) is 12.5 Å². The molecule has 2 aromatic carbocycles. The number of aliphatic hydroxyl groups excluding tert-OH is 1. The zero-order valence-electron chi connectivity index (χ0n) is 15.9. The van der Waals surface area contributed by atoms with Crippen molar-refractivity contribution in [1.82, 2.24) is 4.90 Å². The number of carbonyl (C=O) groups excluding carboxylic acids is 1. The molecule has 0 bridgehead atoms. The van der Waals surface area contributed by atoms with Gasteiger partial charge in [0.25, 0.3) is 0 Å². The van der Waals surface area contributed by atoms with Gasteiger partial charge in [0.05, 0.1) is 37.7 Å². The first-order valence-electron chi connectivity index (χ1n) is 8.79. The minimum absolute atomic E-state index is 0.0476. The molecule has 28 heavy (non-hydrogen) atoms. The second-order valence-electron chi connectivity index (χ2n) is 6.66. The van der Waals surface area contributed by atoms with Crippen molar-refractivity contribution < 1.29 is 27.8 Å². The van der Waals surface area contributed by atoms with Crippen molar-refractivity contribution in [2.45, 2.75) is 29.8 Å². The minimum atomic E-state index is -3.85. The Hall–Kier alpha value is -2.58. The Morgan fingerprint density at radius 3 is 2.36 bits per heavy atom. The van der Waals surface area contributed by atoms with Gasteiger partial charge in [-0.2, -0.15) is 0 Å². The van der Waals surface area contributed by atoms with Crippen molar-refractivity contribution in [3.8, 4) is 11.5 Å². The van der Waals surface area contributed by atoms with Crippen LogP contribution in [0.15, 0.2) is 53.4 Å². The zero-order valence-corrected chi connectivity index (χ0v) is 16.7. The van der Waals surface area contributed by atoms with Gasteiger partial charge in [-0.25, -0.2) is 8.42 Å². The summed E-state index contributed by atoms with van der Waals surface area (Å²) >= 11 is 0. The van der Waals surface area contributed by atoms with E-state index < -0.39 is 33.1 Å². The highest BCUT2D eigenvalue weighted by molar-refractivity contribution is 7.92. The Bertz CT molecular complexity index is 958. The normalized spacial score (nSPS) is 20.4. The average molecular weight is 405 g/mol. The number of carbonyl (C=O) groups is 1. The molecule has 1 N–H and O–H groups in total. The highest BCUT2D eigenvalue weighted by Gasteiger charge is 2.56. The fourth-order valence-electron chi connectivity index (χ4n) is 3.44. The van der Waals surface area contributed by atoms with E-state index in [1.54, 1.807) is 36.4 Å². The van der Waals surface area contributed by atoms with Crippen LogP contribution in [-0.2, 0) is 21.2 Å². The number of nitrogens with zero attached hydrogens (tertiary/aromatic N) is 1. The average Bonchev–Trinajstić information content (AvgIpc) is 2.69. The molecule has 1 fully saturated rings. The molecule has 7 nitrogen and oxygen atoms in total. The number of amides is 1. The Morgan fingerprint density at radius 2 is 1.79 bits per heavy atom. The molecule has 0 aliphatic carbocycles. The highest BCUT2D eigenvalue weighted by Crippen LogP contribution is 2.39. The summed E-state index contributed by atoms with van der Waals surface area (Å²) in [6, 6.07) is 13.1. The van der Waals surface area contributed by atoms with Crippen molar-refractivity contribution in [2.24, 2.45) is 5.92 Å². The number of benzene rings is 2. The van der Waals surface area contributed by atoms with Crippen LogP contribution < -0.4 is 9.47 Å². The number of aliphatic hydroxyl groups is 1. The van der Waals surface area contributed by atoms with Gasteiger partial charge in [-0.05, 0) is 31.2 Å². The lowest BCUT2D eigenvalue weighted by Crippen LogP contribution is -2.66. The van der Waals surface area contributed by atoms with E-state index >= 15 is 0 Å². The lowest BCUT2D eigenvalue weighted by Gasteiger charge is -2.47. The Kier molecular flexibility index (Phi) is 5.62. The van der Waals surface area contributed by atoms with Crippen LogP contribution in [0.5, 0.6) is 11.5 Å². The van der Waals surface area contributed by atoms with Crippen LogP contribution in [0, 0.1) is 5.92 Å². The number of hydrogen-bond acceptors (Lipinski definition) is 6. The summed E-state index contributed by atoms with van der Waals surface area (Å²) in [6.45, 7) is 1.48. The molecule has 3 atom stereocenters. The molecule has 150 valence electrons. The summed E-state index contributed by atoms with van der Waals surface area (Å²) in [5, 5.41) is 8.88. The van der Waals surface area contributed by atoms with Crippen LogP contribution in [0.2, 0.25) is 0 Å². The van der Waals surface area contributed by atoms with E-state index in [0.717, 1.165) is 0 Å². The Morgan fingerprint density at radius 1 is 1.11 bits per heavy atom. The van der Waals surface area contributed by atoms with Crippen molar-refractivity contribution in [3.05, 3.63) is 54.1 Å². The first kappa shape index (κ1) is 20.2. The summed E-state index contributed by atoms with van der Waals surface area (Å²) in [6.07, 6.45) is -1.08. The third kappa shape index (κ3) is 3.45. The molecule has 1 aliphatic heterocycles. The molecule has 0 aromatic heterocycles. The first-order chi connectivity index (χ1) is 13.3. The topological polar surface area (TPSA) is 93.1 Å². The Labute approximate surface area is 164 Å². The minimum Gasteiger partial charge on any atom is -0.497 e. The maximum Gasteiger partial charge on any atom is 0.232 e. The van der Waals surface area contributed by atoms with Crippen LogP contribution in [0.25, 0.3) is 0 Å². The molecular formula is C20H23NO6S. The van der Waals surface area contributed by atoms with Crippen molar-refractivity contribution in [3.63, 3.8) is 0 Å². The Balaban J connectivity index is 1.97. The number of sulfone groups is 1. The summed E-state index contributed by atoms with van der Waals surface area (Å²) in [5.41, 5.74) is 0.647. The van der Waals surface area contributed by atoms with Crippen molar-refractivity contribution in [1.29, 1.82) is 0 Å². The standard InChI is InChI=1S/C20H23NO6S/c1-13(22)18-19(23)21(12-14-9-10-15(26-2)11-17(14)27-3)20(18)28(24,25)16-7-5-4-6-8-16/h4-11,13,18,20,22H,12H2,1-3H3/t13-,18+,20-/m1/s1. The molecule has 0 unspecified atom stereocenters. The molecule has 1 amide bonds. The van der Waals surface area contributed by atoms with Crippen molar-refractivity contribution in [2.75, 3.05) is 14.2 Å². The van der Waals surface area contributed by atoms with Crippen LogP contribution >= 0.6 is 0 Å². The molecule has 1 aliphatic rings. The van der Waals surface area contributed by atoms with Gasteiger partial charge in [0, 0.05) is 11.6 Å². The second-order valence-corrected chi connectivity index (χ2v) is 8.70. The van der Waals surface area contributed by atoms with Crippen LogP contribution in [0.3, 0.4) is 0 Å². The molecule has 3 rings (SSSR count). The maximum absolute atomic E-state index is 13.2. The van der Waals surface area contributed by atoms with E-state index in [1.165, 1.54) is 38.2 Å². The maximum atomic E-state index is 13.2. The van der Waals surface area contributed by atoms with Crippen LogP contribution in [0.4, 0.5) is 0 Å². The number of methoxy groups -OCH3 is 2. The third-order valence-corrected chi connectivity index (χ3v) is 7.04. The highest BCUT2D eigenvalue weighted by atomic mass is 32.2. The number of likely N-dealkylation sites (tertiary alicyclic amines) is 1. The van der Waals surface area contributed by atoms with E-state index in [1.807, 2.05) is 0 Å². The molecule has 0 spiro atoms. The van der Waals surface area contributed by atoms with E-state index in [4.69, 9.17) is 9.47 Å². The lowest BCUT2D eigenvalue weighted by atomic mass is 9.92. The molecule has 1 heterocycles. The first-order valence-corrected chi connectivity index (χ1v) is 10.3. The number of hydrogen-bond donors (Lipinski definition) is 1. The molecular weight excluding hydrogens is 382 g/mol. The summed E-state index contributed by atoms with van der Waals surface area (Å²) in [5.74, 6) is -0.332. The summed E-state index contributed by atoms with van der Waals surface area (Å²) in [4.78, 5) is 14.0.